The van der Waals surface area contributed by atoms with Crippen LogP contribution in [0.1, 0.15) is 24.7 Å². The van der Waals surface area contributed by atoms with Crippen LogP contribution in [-0.2, 0) is 13.1 Å². The third-order valence-corrected chi connectivity index (χ3v) is 3.29. The fraction of sp³-hybridized carbons (Fsp3) is 0.438. The summed E-state index contributed by atoms with van der Waals surface area (Å²) in [6.45, 7) is 6.63. The molecule has 0 amide bonds. The molecular weight excluding hydrogens is 269 g/mol. The van der Waals surface area contributed by atoms with Crippen LogP contribution in [-0.4, -0.2) is 22.7 Å². The van der Waals surface area contributed by atoms with Crippen LogP contribution in [0.3, 0.4) is 0 Å². The summed E-state index contributed by atoms with van der Waals surface area (Å²) in [6, 6.07) is 5.04. The van der Waals surface area contributed by atoms with E-state index in [0.717, 1.165) is 24.4 Å². The highest BCUT2D eigenvalue weighted by molar-refractivity contribution is 5.34. The van der Waals surface area contributed by atoms with Gasteiger partial charge in [0.1, 0.15) is 12.4 Å². The van der Waals surface area contributed by atoms with Gasteiger partial charge >= 0.3 is 0 Å². The van der Waals surface area contributed by atoms with E-state index in [1.807, 2.05) is 23.8 Å². The predicted octanol–water partition coefficient (Wildman–Crippen LogP) is 2.91. The Morgan fingerprint density at radius 3 is 2.95 bits per heavy atom. The Hall–Kier alpha value is -1.88. The molecule has 0 aliphatic heterocycles. The molecule has 0 spiro atoms. The van der Waals surface area contributed by atoms with Gasteiger partial charge in [-0.15, -0.1) is 0 Å². The lowest BCUT2D eigenvalue weighted by atomic mass is 10.2. The van der Waals surface area contributed by atoms with Crippen molar-refractivity contribution in [2.45, 2.75) is 33.4 Å². The topological polar surface area (TPSA) is 39.1 Å². The average molecular weight is 291 g/mol. The minimum atomic E-state index is -0.312. The van der Waals surface area contributed by atoms with Crippen LogP contribution in [0.5, 0.6) is 5.75 Å². The number of para-hydroxylation sites is 1. The lowest BCUT2D eigenvalue weighted by Crippen LogP contribution is -2.16. The molecule has 4 nitrogen and oxygen atoms in total. The molecule has 2 rings (SSSR count). The van der Waals surface area contributed by atoms with Crippen molar-refractivity contribution in [2.75, 3.05) is 13.2 Å². The van der Waals surface area contributed by atoms with E-state index in [1.165, 1.54) is 6.07 Å². The molecule has 0 saturated heterocycles. The van der Waals surface area contributed by atoms with E-state index in [4.69, 9.17) is 4.74 Å². The standard InChI is InChI=1S/C16H22FN3O/c1-3-7-18-12-14-5-4-6-15(17)16(14)21-11-10-20-9-8-19-13(20)2/h4-6,8-9,18H,3,7,10-12H2,1-2H3. The molecule has 5 heteroatoms. The third kappa shape index (κ3) is 4.29. The summed E-state index contributed by atoms with van der Waals surface area (Å²) >= 11 is 0. The first-order chi connectivity index (χ1) is 10.2. The maximum absolute atomic E-state index is 13.9. The van der Waals surface area contributed by atoms with Crippen LogP contribution >= 0.6 is 0 Å². The highest BCUT2D eigenvalue weighted by Gasteiger charge is 2.09. The van der Waals surface area contributed by atoms with Gasteiger partial charge in [0.05, 0.1) is 6.54 Å². The molecule has 21 heavy (non-hydrogen) atoms. The number of benzene rings is 1. The first kappa shape index (κ1) is 15.5. The summed E-state index contributed by atoms with van der Waals surface area (Å²) in [4.78, 5) is 4.15. The number of rotatable bonds is 8. The number of aromatic nitrogens is 2. The molecule has 0 bridgehead atoms. The summed E-state index contributed by atoms with van der Waals surface area (Å²) in [5.74, 6) is 0.962. The van der Waals surface area contributed by atoms with Crippen molar-refractivity contribution >= 4 is 0 Å². The second-order valence-electron chi connectivity index (χ2n) is 4.92. The maximum Gasteiger partial charge on any atom is 0.165 e. The van der Waals surface area contributed by atoms with E-state index in [2.05, 4.69) is 17.2 Å². The smallest absolute Gasteiger partial charge is 0.165 e. The van der Waals surface area contributed by atoms with Crippen LogP contribution in [0.2, 0.25) is 0 Å². The summed E-state index contributed by atoms with van der Waals surface area (Å²) in [5.41, 5.74) is 0.853. The van der Waals surface area contributed by atoms with Crippen LogP contribution < -0.4 is 10.1 Å². The minimum absolute atomic E-state index is 0.312. The number of nitrogens with zero attached hydrogens (tertiary/aromatic N) is 2. The van der Waals surface area contributed by atoms with Gasteiger partial charge in [-0.1, -0.05) is 19.1 Å². The number of ether oxygens (including phenoxy) is 1. The number of nitrogens with one attached hydrogen (secondary N) is 1. The highest BCUT2D eigenvalue weighted by Crippen LogP contribution is 2.22. The van der Waals surface area contributed by atoms with Crippen molar-refractivity contribution in [2.24, 2.45) is 0 Å². The molecule has 1 N–H and O–H groups in total. The third-order valence-electron chi connectivity index (χ3n) is 3.29. The molecule has 114 valence electrons. The van der Waals surface area contributed by atoms with Crippen molar-refractivity contribution in [3.8, 4) is 5.75 Å². The van der Waals surface area contributed by atoms with E-state index in [9.17, 15) is 4.39 Å². The van der Waals surface area contributed by atoms with Gasteiger partial charge in [-0.3, -0.25) is 0 Å². The zero-order valence-corrected chi connectivity index (χ0v) is 12.6. The fourth-order valence-corrected chi connectivity index (χ4v) is 2.14. The van der Waals surface area contributed by atoms with E-state index >= 15 is 0 Å². The van der Waals surface area contributed by atoms with Crippen LogP contribution in [0.15, 0.2) is 30.6 Å². The van der Waals surface area contributed by atoms with E-state index < -0.39 is 0 Å². The molecule has 1 aromatic heterocycles. The van der Waals surface area contributed by atoms with Gasteiger partial charge in [-0.2, -0.15) is 0 Å². The fourth-order valence-electron chi connectivity index (χ4n) is 2.14. The van der Waals surface area contributed by atoms with Gasteiger partial charge in [-0.25, -0.2) is 9.37 Å². The van der Waals surface area contributed by atoms with Crippen molar-refractivity contribution in [3.63, 3.8) is 0 Å². The predicted molar refractivity (Wildman–Crippen MR) is 80.9 cm³/mol. The lowest BCUT2D eigenvalue weighted by molar-refractivity contribution is 0.279. The summed E-state index contributed by atoms with van der Waals surface area (Å²) < 4.78 is 21.6. The maximum atomic E-state index is 13.9. The van der Waals surface area contributed by atoms with Gasteiger partial charge in [0.15, 0.2) is 11.6 Å². The second kappa shape index (κ2) is 7.78. The molecular formula is C16H22FN3O. The first-order valence-corrected chi connectivity index (χ1v) is 7.31. The van der Waals surface area contributed by atoms with Gasteiger partial charge in [0, 0.05) is 24.5 Å². The zero-order valence-electron chi connectivity index (χ0n) is 12.6. The molecule has 2 aromatic rings. The lowest BCUT2D eigenvalue weighted by Gasteiger charge is -2.13. The molecule has 1 heterocycles. The Bertz CT molecular complexity index is 568. The molecule has 0 radical (unpaired) electrons. The van der Waals surface area contributed by atoms with Gasteiger partial charge in [0.25, 0.3) is 0 Å². The Morgan fingerprint density at radius 1 is 1.38 bits per heavy atom. The van der Waals surface area contributed by atoms with Crippen molar-refractivity contribution in [1.82, 2.24) is 14.9 Å². The normalized spacial score (nSPS) is 10.8. The molecule has 0 unspecified atom stereocenters. The molecule has 0 atom stereocenters. The van der Waals surface area contributed by atoms with Crippen LogP contribution in [0.4, 0.5) is 4.39 Å². The summed E-state index contributed by atoms with van der Waals surface area (Å²) in [7, 11) is 0. The SMILES string of the molecule is CCCNCc1cccc(F)c1OCCn1ccnc1C. The van der Waals surface area contributed by atoms with Gasteiger partial charge in [-0.05, 0) is 26.0 Å². The number of hydrogen-bond acceptors (Lipinski definition) is 3. The van der Waals surface area contributed by atoms with Crippen molar-refractivity contribution < 1.29 is 9.13 Å². The molecule has 0 aliphatic rings. The van der Waals surface area contributed by atoms with E-state index in [0.29, 0.717) is 25.4 Å². The molecule has 1 aromatic carbocycles. The van der Waals surface area contributed by atoms with E-state index in [-0.39, 0.29) is 5.82 Å². The van der Waals surface area contributed by atoms with Gasteiger partial charge < -0.3 is 14.6 Å². The molecule has 0 fully saturated rings. The number of aryl methyl sites for hydroxylation is 1. The van der Waals surface area contributed by atoms with E-state index in [1.54, 1.807) is 12.3 Å². The minimum Gasteiger partial charge on any atom is -0.488 e. The molecule has 0 aliphatic carbocycles. The second-order valence-corrected chi connectivity index (χ2v) is 4.92. The molecule has 0 saturated carbocycles. The van der Waals surface area contributed by atoms with Crippen molar-refractivity contribution in [1.29, 1.82) is 0 Å². The quantitative estimate of drug-likeness (QED) is 0.760. The van der Waals surface area contributed by atoms with Gasteiger partial charge in [0.2, 0.25) is 0 Å². The first-order valence-electron chi connectivity index (χ1n) is 7.31. The Kier molecular flexibility index (Phi) is 5.75. The highest BCUT2D eigenvalue weighted by atomic mass is 19.1. The average Bonchev–Trinajstić information content (AvgIpc) is 2.87. The number of halogens is 1. The van der Waals surface area contributed by atoms with Crippen LogP contribution in [0.25, 0.3) is 0 Å². The number of imidazole rings is 1. The Morgan fingerprint density at radius 2 is 2.24 bits per heavy atom. The number of hydrogen-bond donors (Lipinski definition) is 1. The summed E-state index contributed by atoms with van der Waals surface area (Å²) in [6.07, 6.45) is 4.69. The largest absolute Gasteiger partial charge is 0.488 e. The zero-order chi connectivity index (χ0) is 15.1. The van der Waals surface area contributed by atoms with Crippen LogP contribution in [0, 0.1) is 12.7 Å². The Balaban J connectivity index is 1.96. The summed E-state index contributed by atoms with van der Waals surface area (Å²) in [5, 5.41) is 3.27. The Labute approximate surface area is 125 Å². The monoisotopic (exact) mass is 291 g/mol. The van der Waals surface area contributed by atoms with Crippen molar-refractivity contribution in [3.05, 3.63) is 47.8 Å².